The Bertz CT molecular complexity index is 577. The molecule has 0 aromatic heterocycles. The van der Waals surface area contributed by atoms with Gasteiger partial charge in [-0.3, -0.25) is 0 Å². The van der Waals surface area contributed by atoms with E-state index in [1.807, 2.05) is 6.08 Å². The zero-order valence-corrected chi connectivity index (χ0v) is 14.4. The smallest absolute Gasteiger partial charge is 0.235 e. The molecule has 0 unspecified atom stereocenters. The van der Waals surface area contributed by atoms with Crippen LogP contribution in [-0.4, -0.2) is 13.2 Å². The Morgan fingerprint density at radius 2 is 1.64 bits per heavy atom. The van der Waals surface area contributed by atoms with Crippen LogP contribution in [0, 0.1) is 0 Å². The normalized spacial score (nSPS) is 16.9. The van der Waals surface area contributed by atoms with Crippen molar-refractivity contribution in [2.45, 2.75) is 70.8 Å². The zero-order chi connectivity index (χ0) is 16.3. The van der Waals surface area contributed by atoms with Crippen molar-refractivity contribution in [2.75, 3.05) is 7.11 Å². The molecule has 0 spiro atoms. The van der Waals surface area contributed by atoms with Crippen molar-refractivity contribution in [3.63, 3.8) is 0 Å². The summed E-state index contributed by atoms with van der Waals surface area (Å²) in [7, 11) is 1.72. The van der Waals surface area contributed by atoms with Crippen LogP contribution in [-0.2, 0) is 10.3 Å². The predicted molar refractivity (Wildman–Crippen MR) is 89.4 cm³/mol. The Balaban J connectivity index is 2.79. The van der Waals surface area contributed by atoms with Crippen LogP contribution in [0.2, 0.25) is 0 Å². The average Bonchev–Trinajstić information content (AvgIpc) is 2.95. The van der Waals surface area contributed by atoms with Crippen LogP contribution < -0.4 is 4.74 Å². The van der Waals surface area contributed by atoms with Gasteiger partial charge in [-0.2, -0.15) is 4.99 Å². The molecule has 0 aliphatic heterocycles. The Morgan fingerprint density at radius 3 is 2.09 bits per heavy atom. The lowest BCUT2D eigenvalue weighted by Gasteiger charge is -2.31. The largest absolute Gasteiger partial charge is 0.496 e. The van der Waals surface area contributed by atoms with Crippen molar-refractivity contribution in [3.05, 3.63) is 28.8 Å². The third kappa shape index (κ3) is 2.83. The molecular weight excluding hydrogens is 274 g/mol. The first-order valence-corrected chi connectivity index (χ1v) is 8.27. The van der Waals surface area contributed by atoms with Crippen LogP contribution in [0.25, 0.3) is 0 Å². The van der Waals surface area contributed by atoms with Gasteiger partial charge in [0.25, 0.3) is 0 Å². The lowest BCUT2D eigenvalue weighted by Crippen LogP contribution is -2.23. The summed E-state index contributed by atoms with van der Waals surface area (Å²) in [6.07, 6.45) is 5.83. The second-order valence-electron chi connectivity index (χ2n) is 6.90. The van der Waals surface area contributed by atoms with E-state index in [2.05, 4.69) is 44.8 Å². The fourth-order valence-corrected chi connectivity index (χ4v) is 3.71. The van der Waals surface area contributed by atoms with E-state index in [4.69, 9.17) is 4.74 Å². The molecule has 0 atom stereocenters. The van der Waals surface area contributed by atoms with E-state index in [1.165, 1.54) is 11.1 Å². The summed E-state index contributed by atoms with van der Waals surface area (Å²) in [5, 5.41) is 0. The Hall–Kier alpha value is -1.60. The highest BCUT2D eigenvalue weighted by Crippen LogP contribution is 2.50. The van der Waals surface area contributed by atoms with Gasteiger partial charge in [-0.05, 0) is 35.8 Å². The molecule has 1 aliphatic rings. The van der Waals surface area contributed by atoms with E-state index in [1.54, 1.807) is 7.11 Å². The van der Waals surface area contributed by atoms with Gasteiger partial charge in [0, 0.05) is 5.56 Å². The molecule has 1 aromatic rings. The molecule has 0 heterocycles. The molecule has 0 amide bonds. The number of hydrogen-bond donors (Lipinski definition) is 0. The fourth-order valence-electron chi connectivity index (χ4n) is 3.71. The van der Waals surface area contributed by atoms with Gasteiger partial charge < -0.3 is 4.74 Å². The summed E-state index contributed by atoms with van der Waals surface area (Å²) in [5.74, 6) is 1.65. The highest BCUT2D eigenvalue weighted by Gasteiger charge is 2.41. The maximum Gasteiger partial charge on any atom is 0.235 e. The van der Waals surface area contributed by atoms with Gasteiger partial charge in [-0.1, -0.05) is 52.7 Å². The highest BCUT2D eigenvalue weighted by atomic mass is 16.5. The number of nitrogens with zero attached hydrogens (tertiary/aromatic N) is 1. The number of aliphatic imine (C=N–C) groups is 1. The topological polar surface area (TPSA) is 38.7 Å². The summed E-state index contributed by atoms with van der Waals surface area (Å²) in [6, 6.07) is 4.36. The minimum Gasteiger partial charge on any atom is -0.496 e. The minimum atomic E-state index is -0.447. The van der Waals surface area contributed by atoms with Gasteiger partial charge in [-0.25, -0.2) is 4.79 Å². The van der Waals surface area contributed by atoms with E-state index in [0.29, 0.717) is 11.8 Å². The number of isocyanates is 1. The first-order valence-electron chi connectivity index (χ1n) is 8.27. The quantitative estimate of drug-likeness (QED) is 0.564. The molecular formula is C19H27NO2. The molecule has 0 radical (unpaired) electrons. The van der Waals surface area contributed by atoms with E-state index in [0.717, 1.165) is 37.0 Å². The molecule has 0 bridgehead atoms. The molecule has 1 aromatic carbocycles. The second kappa shape index (κ2) is 6.66. The second-order valence-corrected chi connectivity index (χ2v) is 6.90. The molecule has 3 nitrogen and oxygen atoms in total. The molecule has 2 rings (SSSR count). The van der Waals surface area contributed by atoms with E-state index in [9.17, 15) is 4.79 Å². The molecule has 0 N–H and O–H groups in total. The first kappa shape index (κ1) is 16.8. The van der Waals surface area contributed by atoms with Gasteiger partial charge in [0.15, 0.2) is 0 Å². The van der Waals surface area contributed by atoms with Gasteiger partial charge in [0.1, 0.15) is 11.3 Å². The average molecular weight is 301 g/mol. The molecule has 0 saturated heterocycles. The van der Waals surface area contributed by atoms with E-state index >= 15 is 0 Å². The molecule has 1 saturated carbocycles. The maximum absolute atomic E-state index is 11.1. The van der Waals surface area contributed by atoms with Crippen LogP contribution in [0.3, 0.4) is 0 Å². The van der Waals surface area contributed by atoms with Crippen molar-refractivity contribution in [3.8, 4) is 5.75 Å². The van der Waals surface area contributed by atoms with Gasteiger partial charge >= 0.3 is 0 Å². The summed E-state index contributed by atoms with van der Waals surface area (Å²) >= 11 is 0. The van der Waals surface area contributed by atoms with Gasteiger partial charge in [0.05, 0.1) is 7.11 Å². The third-order valence-corrected chi connectivity index (χ3v) is 4.82. The number of hydrogen-bond acceptors (Lipinski definition) is 3. The minimum absolute atomic E-state index is 0.365. The standard InChI is InChI=1S/C19H27NO2/c1-13(2)15-8-9-16(14(3)4)18(22-5)17(15)19(20-12-21)10-6-7-11-19/h8-9,13-14H,6-7,10-11H2,1-5H3. The lowest BCUT2D eigenvalue weighted by molar-refractivity contribution is 0.370. The number of rotatable bonds is 5. The third-order valence-electron chi connectivity index (χ3n) is 4.82. The van der Waals surface area contributed by atoms with Crippen LogP contribution in [0.15, 0.2) is 17.1 Å². The Labute approximate surface area is 133 Å². The monoisotopic (exact) mass is 301 g/mol. The molecule has 120 valence electrons. The van der Waals surface area contributed by atoms with Gasteiger partial charge in [0.2, 0.25) is 6.08 Å². The number of benzene rings is 1. The van der Waals surface area contributed by atoms with E-state index < -0.39 is 5.54 Å². The maximum atomic E-state index is 11.1. The van der Waals surface area contributed by atoms with Crippen molar-refractivity contribution < 1.29 is 9.53 Å². The Kier molecular flexibility index (Phi) is 5.08. The molecule has 1 aliphatic carbocycles. The van der Waals surface area contributed by atoms with E-state index in [-0.39, 0.29) is 0 Å². The molecule has 1 fully saturated rings. The van der Waals surface area contributed by atoms with Gasteiger partial charge in [-0.15, -0.1) is 0 Å². The predicted octanol–water partition coefficient (Wildman–Crippen LogP) is 5.05. The molecule has 3 heteroatoms. The SMILES string of the molecule is COc1c(C(C)C)ccc(C(C)C)c1C1(N=C=O)CCCC1. The first-order chi connectivity index (χ1) is 10.5. The van der Waals surface area contributed by atoms with Crippen molar-refractivity contribution in [2.24, 2.45) is 4.99 Å². The summed E-state index contributed by atoms with van der Waals surface area (Å²) in [6.45, 7) is 8.70. The Morgan fingerprint density at radius 1 is 1.09 bits per heavy atom. The van der Waals surface area contributed by atoms with Crippen LogP contribution in [0.5, 0.6) is 5.75 Å². The van der Waals surface area contributed by atoms with Crippen molar-refractivity contribution in [1.82, 2.24) is 0 Å². The van der Waals surface area contributed by atoms with Crippen molar-refractivity contribution >= 4 is 6.08 Å². The number of methoxy groups -OCH3 is 1. The summed E-state index contributed by atoms with van der Waals surface area (Å²) < 4.78 is 5.82. The van der Waals surface area contributed by atoms with Crippen LogP contribution in [0.1, 0.15) is 81.9 Å². The van der Waals surface area contributed by atoms with Crippen LogP contribution >= 0.6 is 0 Å². The van der Waals surface area contributed by atoms with Crippen LogP contribution in [0.4, 0.5) is 0 Å². The number of carbonyl (C=O) groups excluding carboxylic acids is 1. The fraction of sp³-hybridized carbons (Fsp3) is 0.632. The summed E-state index contributed by atoms with van der Waals surface area (Å²) in [5.41, 5.74) is 3.10. The molecule has 22 heavy (non-hydrogen) atoms. The zero-order valence-electron chi connectivity index (χ0n) is 14.4. The highest BCUT2D eigenvalue weighted by molar-refractivity contribution is 5.54. The summed E-state index contributed by atoms with van der Waals surface area (Å²) in [4.78, 5) is 15.4. The van der Waals surface area contributed by atoms with Crippen molar-refractivity contribution in [1.29, 1.82) is 0 Å². The number of ether oxygens (including phenoxy) is 1. The lowest BCUT2D eigenvalue weighted by atomic mass is 9.79.